The van der Waals surface area contributed by atoms with E-state index in [0.717, 1.165) is 46.8 Å². The topological polar surface area (TPSA) is 84.1 Å². The van der Waals surface area contributed by atoms with Crippen LogP contribution in [0.15, 0.2) is 30.3 Å². The van der Waals surface area contributed by atoms with E-state index in [9.17, 15) is 4.79 Å². The molecule has 28 heavy (non-hydrogen) atoms. The van der Waals surface area contributed by atoms with Crippen molar-refractivity contribution in [1.82, 2.24) is 20.2 Å². The van der Waals surface area contributed by atoms with Crippen LogP contribution in [-0.4, -0.2) is 34.4 Å². The minimum atomic E-state index is -0.160. The molecule has 3 aromatic rings. The van der Waals surface area contributed by atoms with Crippen molar-refractivity contribution < 1.29 is 4.79 Å². The number of hydrogen-bond donors (Lipinski definition) is 2. The first kappa shape index (κ1) is 18.8. The number of anilines is 1. The number of aromatic nitrogens is 2. The Hall–Kier alpha value is -2.51. The molecule has 0 saturated carbocycles. The molecule has 6 nitrogen and oxygen atoms in total. The minimum absolute atomic E-state index is 0.160. The summed E-state index contributed by atoms with van der Waals surface area (Å²) in [6, 6.07) is 10.5. The molecular weight excluding hydrogens is 370 g/mol. The molecule has 1 atom stereocenters. The van der Waals surface area contributed by atoms with Crippen molar-refractivity contribution in [1.29, 1.82) is 0 Å². The number of nitrogens with two attached hydrogens (primary N) is 1. The van der Waals surface area contributed by atoms with Crippen molar-refractivity contribution in [3.8, 4) is 0 Å². The zero-order valence-electron chi connectivity index (χ0n) is 16.2. The second-order valence-corrected chi connectivity index (χ2v) is 8.26. The van der Waals surface area contributed by atoms with E-state index in [1.54, 1.807) is 7.05 Å². The molecule has 7 heteroatoms. The first-order valence-electron chi connectivity index (χ1n) is 9.64. The van der Waals surface area contributed by atoms with E-state index in [-0.39, 0.29) is 11.9 Å². The Kier molecular flexibility index (Phi) is 5.28. The number of aryl methyl sites for hydroxylation is 1. The first-order chi connectivity index (χ1) is 13.6. The Balaban J connectivity index is 1.65. The maximum Gasteiger partial charge on any atom is 0.263 e. The van der Waals surface area contributed by atoms with E-state index in [0.29, 0.717) is 10.6 Å². The number of nitrogens with one attached hydrogen (secondary N) is 1. The number of carbonyl (C=O) groups is 1. The van der Waals surface area contributed by atoms with Crippen molar-refractivity contribution in [3.05, 3.63) is 52.3 Å². The number of nitrogens with zero attached hydrogens (tertiary/aromatic N) is 3. The van der Waals surface area contributed by atoms with Gasteiger partial charge in [-0.15, -0.1) is 11.3 Å². The lowest BCUT2D eigenvalue weighted by Gasteiger charge is -2.35. The number of likely N-dealkylation sites (tertiary alicyclic amines) is 1. The number of pyridine rings is 2. The summed E-state index contributed by atoms with van der Waals surface area (Å²) in [5.74, 6) is -0.160. The summed E-state index contributed by atoms with van der Waals surface area (Å²) in [4.78, 5) is 25.4. The van der Waals surface area contributed by atoms with Gasteiger partial charge in [0.05, 0.1) is 23.1 Å². The van der Waals surface area contributed by atoms with Crippen LogP contribution in [0.5, 0.6) is 0 Å². The van der Waals surface area contributed by atoms with Gasteiger partial charge in [-0.1, -0.05) is 12.5 Å². The summed E-state index contributed by atoms with van der Waals surface area (Å²) in [7, 11) is 1.62. The molecule has 4 rings (SSSR count). The Morgan fingerprint density at radius 3 is 2.93 bits per heavy atom. The van der Waals surface area contributed by atoms with Crippen LogP contribution in [0.1, 0.15) is 52.1 Å². The molecule has 4 heterocycles. The number of carbonyl (C=O) groups excluding carboxylic acids is 1. The lowest BCUT2D eigenvalue weighted by Crippen LogP contribution is -2.33. The molecule has 0 aromatic carbocycles. The van der Waals surface area contributed by atoms with Crippen molar-refractivity contribution in [2.45, 2.75) is 38.8 Å². The van der Waals surface area contributed by atoms with Crippen molar-refractivity contribution in [2.24, 2.45) is 0 Å². The lowest BCUT2D eigenvalue weighted by atomic mass is 9.98. The molecule has 0 radical (unpaired) electrons. The number of nitrogen functional groups attached to an aromatic ring is 1. The number of hydrogen-bond acceptors (Lipinski definition) is 6. The second kappa shape index (κ2) is 7.85. The molecule has 0 aliphatic carbocycles. The van der Waals surface area contributed by atoms with Gasteiger partial charge in [-0.3, -0.25) is 14.7 Å². The van der Waals surface area contributed by atoms with Crippen LogP contribution in [0.3, 0.4) is 0 Å². The summed E-state index contributed by atoms with van der Waals surface area (Å²) in [6.45, 7) is 3.89. The molecule has 0 unspecified atom stereocenters. The standard InChI is InChI=1S/C21H25N5OS/c1-13-6-5-7-14(24-13)12-26-11-4-3-8-17(26)16-10-9-15-18(22)19(20(27)23-2)28-21(15)25-16/h5-7,9-10,17H,3-4,8,11-12,22H2,1-2H3,(H,23,27)/t17-/m0/s1. The van der Waals surface area contributed by atoms with Crippen LogP contribution in [0.2, 0.25) is 0 Å². The fourth-order valence-electron chi connectivity index (χ4n) is 3.89. The van der Waals surface area contributed by atoms with Gasteiger partial charge in [-0.25, -0.2) is 4.98 Å². The summed E-state index contributed by atoms with van der Waals surface area (Å²) < 4.78 is 0. The van der Waals surface area contributed by atoms with Gasteiger partial charge in [0, 0.05) is 24.7 Å². The maximum atomic E-state index is 12.0. The Morgan fingerprint density at radius 1 is 1.29 bits per heavy atom. The monoisotopic (exact) mass is 395 g/mol. The average molecular weight is 396 g/mol. The van der Waals surface area contributed by atoms with Crippen LogP contribution in [-0.2, 0) is 6.54 Å². The van der Waals surface area contributed by atoms with Gasteiger partial charge in [-0.05, 0) is 50.6 Å². The van der Waals surface area contributed by atoms with Gasteiger partial charge in [0.25, 0.3) is 5.91 Å². The SMILES string of the molecule is CNC(=O)c1sc2nc([C@@H]3CCCCN3Cc3cccc(C)n3)ccc2c1N. The van der Waals surface area contributed by atoms with Crippen molar-refractivity contribution in [2.75, 3.05) is 19.3 Å². The second-order valence-electron chi connectivity index (χ2n) is 7.27. The van der Waals surface area contributed by atoms with Gasteiger partial charge < -0.3 is 11.1 Å². The average Bonchev–Trinajstić information content (AvgIpc) is 3.04. The van der Waals surface area contributed by atoms with E-state index in [2.05, 4.69) is 33.4 Å². The molecule has 1 aliphatic rings. The zero-order valence-corrected chi connectivity index (χ0v) is 17.1. The van der Waals surface area contributed by atoms with Crippen molar-refractivity contribution >= 4 is 33.1 Å². The Bertz CT molecular complexity index is 1020. The van der Waals surface area contributed by atoms with Gasteiger partial charge in [0.2, 0.25) is 0 Å². The summed E-state index contributed by atoms with van der Waals surface area (Å²) >= 11 is 1.36. The maximum absolute atomic E-state index is 12.0. The minimum Gasteiger partial charge on any atom is -0.397 e. The third-order valence-electron chi connectivity index (χ3n) is 5.31. The van der Waals surface area contributed by atoms with Gasteiger partial charge in [-0.2, -0.15) is 0 Å². The fourth-order valence-corrected chi connectivity index (χ4v) is 4.94. The predicted octanol–water partition coefficient (Wildman–Crippen LogP) is 3.67. The highest BCUT2D eigenvalue weighted by atomic mass is 32.1. The van der Waals surface area contributed by atoms with Gasteiger partial charge >= 0.3 is 0 Å². The number of thiophene rings is 1. The third-order valence-corrected chi connectivity index (χ3v) is 6.43. The lowest BCUT2D eigenvalue weighted by molar-refractivity contribution is 0.0968. The van der Waals surface area contributed by atoms with Crippen LogP contribution in [0, 0.1) is 6.92 Å². The number of piperidine rings is 1. The number of amides is 1. The zero-order chi connectivity index (χ0) is 19.7. The Morgan fingerprint density at radius 2 is 2.14 bits per heavy atom. The summed E-state index contributed by atoms with van der Waals surface area (Å²) in [6.07, 6.45) is 3.46. The van der Waals surface area contributed by atoms with E-state index in [1.807, 2.05) is 19.1 Å². The highest BCUT2D eigenvalue weighted by Gasteiger charge is 2.26. The van der Waals surface area contributed by atoms with E-state index in [4.69, 9.17) is 10.7 Å². The van der Waals surface area contributed by atoms with Crippen LogP contribution in [0.25, 0.3) is 10.2 Å². The molecule has 1 amide bonds. The van der Waals surface area contributed by atoms with Crippen LogP contribution < -0.4 is 11.1 Å². The molecule has 1 fully saturated rings. The molecule has 146 valence electrons. The van der Waals surface area contributed by atoms with Crippen LogP contribution >= 0.6 is 11.3 Å². The fraction of sp³-hybridized carbons (Fsp3) is 0.381. The van der Waals surface area contributed by atoms with E-state index in [1.165, 1.54) is 24.2 Å². The molecule has 1 aliphatic heterocycles. The quantitative estimate of drug-likeness (QED) is 0.704. The largest absolute Gasteiger partial charge is 0.397 e. The molecule has 0 spiro atoms. The normalized spacial score (nSPS) is 17.7. The summed E-state index contributed by atoms with van der Waals surface area (Å²) in [5, 5.41) is 3.50. The Labute approximate surface area is 168 Å². The summed E-state index contributed by atoms with van der Waals surface area (Å²) in [5.41, 5.74) is 9.88. The molecule has 3 N–H and O–H groups in total. The highest BCUT2D eigenvalue weighted by molar-refractivity contribution is 7.21. The molecular formula is C21H25N5OS. The number of rotatable bonds is 4. The van der Waals surface area contributed by atoms with Gasteiger partial charge in [0.15, 0.2) is 0 Å². The smallest absolute Gasteiger partial charge is 0.263 e. The van der Waals surface area contributed by atoms with Gasteiger partial charge in [0.1, 0.15) is 9.71 Å². The third kappa shape index (κ3) is 3.59. The van der Waals surface area contributed by atoms with E-state index < -0.39 is 0 Å². The molecule has 3 aromatic heterocycles. The predicted molar refractivity (Wildman–Crippen MR) is 113 cm³/mol. The molecule has 1 saturated heterocycles. The van der Waals surface area contributed by atoms with Crippen molar-refractivity contribution in [3.63, 3.8) is 0 Å². The highest BCUT2D eigenvalue weighted by Crippen LogP contribution is 2.36. The first-order valence-corrected chi connectivity index (χ1v) is 10.5. The molecule has 0 bridgehead atoms. The van der Waals surface area contributed by atoms with Crippen LogP contribution in [0.4, 0.5) is 5.69 Å². The van der Waals surface area contributed by atoms with E-state index >= 15 is 0 Å². The number of fused-ring (bicyclic) bond motifs is 1.